The molecule has 1 aliphatic rings. The van der Waals surface area contributed by atoms with Crippen LogP contribution in [0.4, 0.5) is 0 Å². The fourth-order valence-electron chi connectivity index (χ4n) is 1.68. The lowest BCUT2D eigenvalue weighted by atomic mass is 9.98. The largest absolute Gasteiger partial charge is 0.380 e. The third-order valence-corrected chi connectivity index (χ3v) is 2.52. The van der Waals surface area contributed by atoms with Crippen LogP contribution in [0.3, 0.4) is 0 Å². The Morgan fingerprint density at radius 1 is 1.38 bits per heavy atom. The van der Waals surface area contributed by atoms with Gasteiger partial charge in [0.2, 0.25) is 0 Å². The van der Waals surface area contributed by atoms with E-state index in [1.165, 1.54) is 25.9 Å². The van der Waals surface area contributed by atoms with Gasteiger partial charge >= 0.3 is 0 Å². The summed E-state index contributed by atoms with van der Waals surface area (Å²) >= 11 is 0. The van der Waals surface area contributed by atoms with E-state index in [2.05, 4.69) is 10.6 Å². The summed E-state index contributed by atoms with van der Waals surface area (Å²) in [5, 5.41) is 6.81. The summed E-state index contributed by atoms with van der Waals surface area (Å²) in [5.74, 6) is 0.878. The Labute approximate surface area is 81.2 Å². The highest BCUT2D eigenvalue weighted by Crippen LogP contribution is 2.09. The van der Waals surface area contributed by atoms with Crippen molar-refractivity contribution in [3.63, 3.8) is 0 Å². The molecule has 0 aliphatic carbocycles. The molecule has 0 aromatic carbocycles. The van der Waals surface area contributed by atoms with Crippen molar-refractivity contribution >= 4 is 0 Å². The molecule has 0 radical (unpaired) electrons. The molecule has 0 bridgehead atoms. The minimum absolute atomic E-state index is 0.828. The molecule has 0 saturated carbocycles. The highest BCUT2D eigenvalue weighted by molar-refractivity contribution is 4.70. The van der Waals surface area contributed by atoms with Gasteiger partial charge in [0, 0.05) is 13.2 Å². The van der Waals surface area contributed by atoms with Gasteiger partial charge in [-0.1, -0.05) is 0 Å². The van der Waals surface area contributed by atoms with E-state index in [1.54, 1.807) is 0 Å². The van der Waals surface area contributed by atoms with Crippen LogP contribution in [0.15, 0.2) is 0 Å². The molecule has 0 unspecified atom stereocenters. The summed E-state index contributed by atoms with van der Waals surface area (Å²) in [7, 11) is 0. The molecule has 1 heterocycles. The maximum Gasteiger partial charge on any atom is 0.0590 e. The Kier molecular flexibility index (Phi) is 6.15. The quantitative estimate of drug-likeness (QED) is 0.596. The topological polar surface area (TPSA) is 33.3 Å². The van der Waals surface area contributed by atoms with Gasteiger partial charge in [0.25, 0.3) is 0 Å². The monoisotopic (exact) mass is 186 g/mol. The first-order valence-electron chi connectivity index (χ1n) is 5.42. The van der Waals surface area contributed by atoms with Crippen molar-refractivity contribution in [2.24, 2.45) is 5.92 Å². The maximum atomic E-state index is 5.25. The van der Waals surface area contributed by atoms with Crippen molar-refractivity contribution in [3.8, 4) is 0 Å². The third-order valence-electron chi connectivity index (χ3n) is 2.52. The normalized spacial score (nSPS) is 19.2. The first-order chi connectivity index (χ1) is 6.43. The lowest BCUT2D eigenvalue weighted by Crippen LogP contribution is -2.34. The van der Waals surface area contributed by atoms with E-state index in [0.29, 0.717) is 0 Å². The van der Waals surface area contributed by atoms with E-state index in [-0.39, 0.29) is 0 Å². The fraction of sp³-hybridized carbons (Fsp3) is 1.00. The minimum atomic E-state index is 0.828. The minimum Gasteiger partial charge on any atom is -0.380 e. The molecule has 1 aliphatic heterocycles. The van der Waals surface area contributed by atoms with Gasteiger partial charge in [-0.3, -0.25) is 0 Å². The third kappa shape index (κ3) is 5.24. The van der Waals surface area contributed by atoms with E-state index >= 15 is 0 Å². The summed E-state index contributed by atoms with van der Waals surface area (Å²) in [6, 6.07) is 0. The zero-order chi connectivity index (χ0) is 9.36. The number of rotatable bonds is 6. The van der Waals surface area contributed by atoms with Crippen LogP contribution >= 0.6 is 0 Å². The van der Waals surface area contributed by atoms with Crippen molar-refractivity contribution in [1.29, 1.82) is 0 Å². The molecule has 0 aromatic rings. The zero-order valence-corrected chi connectivity index (χ0v) is 8.64. The Hall–Kier alpha value is -0.120. The average Bonchev–Trinajstić information content (AvgIpc) is 2.19. The fourth-order valence-corrected chi connectivity index (χ4v) is 1.68. The second-order valence-corrected chi connectivity index (χ2v) is 3.59. The molecule has 13 heavy (non-hydrogen) atoms. The van der Waals surface area contributed by atoms with Crippen LogP contribution in [-0.4, -0.2) is 39.4 Å². The zero-order valence-electron chi connectivity index (χ0n) is 8.64. The first kappa shape index (κ1) is 11.0. The molecular formula is C10H22N2O. The van der Waals surface area contributed by atoms with E-state index in [1.807, 2.05) is 6.92 Å². The van der Waals surface area contributed by atoms with Gasteiger partial charge in [-0.15, -0.1) is 0 Å². The van der Waals surface area contributed by atoms with E-state index in [9.17, 15) is 0 Å². The number of hydrogen-bond donors (Lipinski definition) is 2. The van der Waals surface area contributed by atoms with Gasteiger partial charge in [0.15, 0.2) is 0 Å². The van der Waals surface area contributed by atoms with Crippen molar-refractivity contribution < 1.29 is 4.74 Å². The molecule has 0 aromatic heterocycles. The molecule has 1 saturated heterocycles. The van der Waals surface area contributed by atoms with Gasteiger partial charge in [-0.2, -0.15) is 0 Å². The molecule has 2 N–H and O–H groups in total. The van der Waals surface area contributed by atoms with Crippen molar-refractivity contribution in [2.45, 2.75) is 19.8 Å². The maximum absolute atomic E-state index is 5.25. The summed E-state index contributed by atoms with van der Waals surface area (Å²) < 4.78 is 5.25. The van der Waals surface area contributed by atoms with Crippen LogP contribution in [-0.2, 0) is 4.74 Å². The highest BCUT2D eigenvalue weighted by Gasteiger charge is 2.11. The van der Waals surface area contributed by atoms with Gasteiger partial charge in [-0.05, 0) is 45.3 Å². The van der Waals surface area contributed by atoms with Crippen LogP contribution in [0.1, 0.15) is 19.8 Å². The Balaban J connectivity index is 1.86. The van der Waals surface area contributed by atoms with Crippen LogP contribution in [0, 0.1) is 5.92 Å². The number of nitrogens with one attached hydrogen (secondary N) is 2. The smallest absolute Gasteiger partial charge is 0.0590 e. The molecule has 3 heteroatoms. The predicted octanol–water partition coefficient (Wildman–Crippen LogP) is 0.612. The highest BCUT2D eigenvalue weighted by atomic mass is 16.5. The van der Waals surface area contributed by atoms with Gasteiger partial charge in [0.1, 0.15) is 0 Å². The van der Waals surface area contributed by atoms with Gasteiger partial charge < -0.3 is 15.4 Å². The Bertz CT molecular complexity index is 113. The van der Waals surface area contributed by atoms with Crippen molar-refractivity contribution in [3.05, 3.63) is 0 Å². The van der Waals surface area contributed by atoms with Crippen LogP contribution in [0.25, 0.3) is 0 Å². The second-order valence-electron chi connectivity index (χ2n) is 3.59. The first-order valence-corrected chi connectivity index (χ1v) is 5.42. The molecule has 0 spiro atoms. The lowest BCUT2D eigenvalue weighted by Gasteiger charge is -2.22. The summed E-state index contributed by atoms with van der Waals surface area (Å²) in [6.45, 7) is 8.26. The van der Waals surface area contributed by atoms with Crippen molar-refractivity contribution in [2.75, 3.05) is 39.4 Å². The standard InChI is InChI=1S/C10H22N2O/c1-2-13-8-7-12-9-10-3-5-11-6-4-10/h10-12H,2-9H2,1H3. The molecule has 1 rings (SSSR count). The summed E-state index contributed by atoms with van der Waals surface area (Å²) in [6.07, 6.45) is 2.64. The molecule has 3 nitrogen and oxygen atoms in total. The lowest BCUT2D eigenvalue weighted by molar-refractivity contribution is 0.147. The van der Waals surface area contributed by atoms with E-state index in [0.717, 1.165) is 32.2 Å². The summed E-state index contributed by atoms with van der Waals surface area (Å²) in [4.78, 5) is 0. The Morgan fingerprint density at radius 2 is 2.15 bits per heavy atom. The molecule has 0 atom stereocenters. The summed E-state index contributed by atoms with van der Waals surface area (Å²) in [5.41, 5.74) is 0. The van der Waals surface area contributed by atoms with Gasteiger partial charge in [0.05, 0.1) is 6.61 Å². The average molecular weight is 186 g/mol. The molecule has 78 valence electrons. The number of piperidine rings is 1. The van der Waals surface area contributed by atoms with Crippen LogP contribution < -0.4 is 10.6 Å². The molecule has 1 fully saturated rings. The van der Waals surface area contributed by atoms with E-state index < -0.39 is 0 Å². The van der Waals surface area contributed by atoms with E-state index in [4.69, 9.17) is 4.74 Å². The predicted molar refractivity (Wildman–Crippen MR) is 55.0 cm³/mol. The van der Waals surface area contributed by atoms with Gasteiger partial charge in [-0.25, -0.2) is 0 Å². The van der Waals surface area contributed by atoms with Crippen LogP contribution in [0.2, 0.25) is 0 Å². The Morgan fingerprint density at radius 3 is 2.85 bits per heavy atom. The second kappa shape index (κ2) is 7.30. The molecular weight excluding hydrogens is 164 g/mol. The van der Waals surface area contributed by atoms with Crippen molar-refractivity contribution in [1.82, 2.24) is 10.6 Å². The van der Waals surface area contributed by atoms with Crippen LogP contribution in [0.5, 0.6) is 0 Å². The number of hydrogen-bond acceptors (Lipinski definition) is 3. The SMILES string of the molecule is CCOCCNCC1CCNCC1. The molecule has 0 amide bonds. The number of ether oxygens (including phenoxy) is 1.